The topological polar surface area (TPSA) is 38.0 Å². The number of hydrogen-bond donors (Lipinski definition) is 2. The maximum Gasteiger partial charge on any atom is 0.146 e. The number of unbranched alkanes of at least 4 members (excludes halogenated alkanes) is 1. The molecule has 0 aliphatic heterocycles. The van der Waals surface area contributed by atoms with Gasteiger partial charge in [0.15, 0.2) is 0 Å². The molecule has 1 unspecified atom stereocenters. The minimum Gasteiger partial charge on any atom is -0.379 e. The SMILES string of the molecule is CCCCC(CN)Nc1ccccc1F. The van der Waals surface area contributed by atoms with Crippen LogP contribution in [0.5, 0.6) is 0 Å². The van der Waals surface area contributed by atoms with Crippen LogP contribution in [0.2, 0.25) is 0 Å². The van der Waals surface area contributed by atoms with Crippen LogP contribution in [0.1, 0.15) is 26.2 Å². The zero-order chi connectivity index (χ0) is 11.1. The summed E-state index contributed by atoms with van der Waals surface area (Å²) >= 11 is 0. The largest absolute Gasteiger partial charge is 0.379 e. The van der Waals surface area contributed by atoms with Gasteiger partial charge in [0, 0.05) is 12.6 Å². The van der Waals surface area contributed by atoms with E-state index in [0.29, 0.717) is 12.2 Å². The van der Waals surface area contributed by atoms with E-state index in [9.17, 15) is 4.39 Å². The van der Waals surface area contributed by atoms with Gasteiger partial charge < -0.3 is 11.1 Å². The second-order valence-corrected chi connectivity index (χ2v) is 3.70. The van der Waals surface area contributed by atoms with Crippen LogP contribution in [0.4, 0.5) is 10.1 Å². The predicted molar refractivity (Wildman–Crippen MR) is 62.4 cm³/mol. The Balaban J connectivity index is 2.54. The van der Waals surface area contributed by atoms with E-state index < -0.39 is 0 Å². The summed E-state index contributed by atoms with van der Waals surface area (Å²) in [5, 5.41) is 3.13. The number of nitrogens with one attached hydrogen (secondary N) is 1. The normalized spacial score (nSPS) is 12.5. The van der Waals surface area contributed by atoms with Crippen LogP contribution in [0.25, 0.3) is 0 Å². The van der Waals surface area contributed by atoms with Crippen LogP contribution < -0.4 is 11.1 Å². The molecular weight excluding hydrogens is 191 g/mol. The van der Waals surface area contributed by atoms with Crippen molar-refractivity contribution in [1.29, 1.82) is 0 Å². The molecule has 0 spiro atoms. The van der Waals surface area contributed by atoms with Gasteiger partial charge in [-0.25, -0.2) is 4.39 Å². The smallest absolute Gasteiger partial charge is 0.146 e. The number of anilines is 1. The maximum absolute atomic E-state index is 13.3. The number of nitrogens with two attached hydrogens (primary N) is 1. The maximum atomic E-state index is 13.3. The van der Waals surface area contributed by atoms with Crippen LogP contribution in [0.15, 0.2) is 24.3 Å². The first kappa shape index (κ1) is 12.0. The van der Waals surface area contributed by atoms with Crippen molar-refractivity contribution in [1.82, 2.24) is 0 Å². The lowest BCUT2D eigenvalue weighted by atomic mass is 10.1. The van der Waals surface area contributed by atoms with E-state index in [4.69, 9.17) is 5.73 Å². The Kier molecular flexibility index (Phi) is 5.12. The molecule has 0 heterocycles. The summed E-state index contributed by atoms with van der Waals surface area (Å²) < 4.78 is 13.3. The number of benzene rings is 1. The second kappa shape index (κ2) is 6.40. The molecule has 1 atom stereocenters. The van der Waals surface area contributed by atoms with Crippen LogP contribution in [-0.4, -0.2) is 12.6 Å². The fraction of sp³-hybridized carbons (Fsp3) is 0.500. The third-order valence-corrected chi connectivity index (χ3v) is 2.42. The molecule has 0 bridgehead atoms. The minimum atomic E-state index is -0.215. The van der Waals surface area contributed by atoms with Crippen molar-refractivity contribution in [2.75, 3.05) is 11.9 Å². The van der Waals surface area contributed by atoms with E-state index in [2.05, 4.69) is 12.2 Å². The zero-order valence-electron chi connectivity index (χ0n) is 9.17. The highest BCUT2D eigenvalue weighted by molar-refractivity contribution is 5.45. The molecule has 0 aromatic heterocycles. The number of hydrogen-bond acceptors (Lipinski definition) is 2. The first-order chi connectivity index (χ1) is 7.27. The summed E-state index contributed by atoms with van der Waals surface area (Å²) in [4.78, 5) is 0. The summed E-state index contributed by atoms with van der Waals surface area (Å²) in [7, 11) is 0. The summed E-state index contributed by atoms with van der Waals surface area (Å²) in [6, 6.07) is 6.87. The summed E-state index contributed by atoms with van der Waals surface area (Å²) in [6.45, 7) is 2.67. The number of rotatable bonds is 6. The molecule has 3 heteroatoms. The third-order valence-electron chi connectivity index (χ3n) is 2.42. The van der Waals surface area contributed by atoms with Gasteiger partial charge in [0.05, 0.1) is 5.69 Å². The summed E-state index contributed by atoms with van der Waals surface area (Å²) in [6.07, 6.45) is 3.24. The Morgan fingerprint density at radius 1 is 1.40 bits per heavy atom. The van der Waals surface area contributed by atoms with Gasteiger partial charge in [0.1, 0.15) is 5.82 Å². The lowest BCUT2D eigenvalue weighted by Gasteiger charge is -2.18. The van der Waals surface area contributed by atoms with E-state index in [-0.39, 0.29) is 11.9 Å². The van der Waals surface area contributed by atoms with Gasteiger partial charge in [-0.2, -0.15) is 0 Å². The van der Waals surface area contributed by atoms with Gasteiger partial charge in [-0.1, -0.05) is 31.9 Å². The van der Waals surface area contributed by atoms with Crippen molar-refractivity contribution < 1.29 is 4.39 Å². The van der Waals surface area contributed by atoms with E-state index >= 15 is 0 Å². The van der Waals surface area contributed by atoms with Gasteiger partial charge in [-0.05, 0) is 18.6 Å². The molecule has 1 rings (SSSR count). The van der Waals surface area contributed by atoms with Gasteiger partial charge in [0.2, 0.25) is 0 Å². The highest BCUT2D eigenvalue weighted by atomic mass is 19.1. The lowest BCUT2D eigenvalue weighted by molar-refractivity contribution is 0.596. The minimum absolute atomic E-state index is 0.168. The van der Waals surface area contributed by atoms with Crippen molar-refractivity contribution in [3.8, 4) is 0 Å². The first-order valence-electron chi connectivity index (χ1n) is 5.49. The Morgan fingerprint density at radius 3 is 2.73 bits per heavy atom. The predicted octanol–water partition coefficient (Wildman–Crippen LogP) is 2.76. The van der Waals surface area contributed by atoms with Crippen LogP contribution in [0, 0.1) is 5.82 Å². The molecule has 0 aliphatic carbocycles. The van der Waals surface area contributed by atoms with Gasteiger partial charge in [-0.15, -0.1) is 0 Å². The van der Waals surface area contributed by atoms with Crippen LogP contribution in [0.3, 0.4) is 0 Å². The fourth-order valence-electron chi connectivity index (χ4n) is 1.50. The quantitative estimate of drug-likeness (QED) is 0.757. The number of halogens is 1. The van der Waals surface area contributed by atoms with Gasteiger partial charge in [-0.3, -0.25) is 0 Å². The molecule has 0 fully saturated rings. The van der Waals surface area contributed by atoms with E-state index in [0.717, 1.165) is 19.3 Å². The molecule has 1 aromatic carbocycles. The molecule has 3 N–H and O–H groups in total. The standard InChI is InChI=1S/C12H19FN2/c1-2-3-6-10(9-14)15-12-8-5-4-7-11(12)13/h4-5,7-8,10,15H,2-3,6,9,14H2,1H3. The molecule has 0 amide bonds. The molecule has 0 saturated heterocycles. The van der Waals surface area contributed by atoms with E-state index in [1.807, 2.05) is 6.07 Å². The van der Waals surface area contributed by atoms with Crippen molar-refractivity contribution in [3.63, 3.8) is 0 Å². The molecule has 0 saturated carbocycles. The average molecular weight is 210 g/mol. The highest BCUT2D eigenvalue weighted by Gasteiger charge is 2.07. The van der Waals surface area contributed by atoms with Crippen molar-refractivity contribution in [2.24, 2.45) is 5.73 Å². The number of para-hydroxylation sites is 1. The Bertz CT molecular complexity index is 289. The molecule has 2 nitrogen and oxygen atoms in total. The molecule has 84 valence electrons. The monoisotopic (exact) mass is 210 g/mol. The highest BCUT2D eigenvalue weighted by Crippen LogP contribution is 2.15. The molecule has 15 heavy (non-hydrogen) atoms. The van der Waals surface area contributed by atoms with Crippen LogP contribution >= 0.6 is 0 Å². The van der Waals surface area contributed by atoms with Gasteiger partial charge >= 0.3 is 0 Å². The van der Waals surface area contributed by atoms with E-state index in [1.165, 1.54) is 6.07 Å². The second-order valence-electron chi connectivity index (χ2n) is 3.70. The molecule has 1 aromatic rings. The van der Waals surface area contributed by atoms with E-state index in [1.54, 1.807) is 12.1 Å². The first-order valence-corrected chi connectivity index (χ1v) is 5.49. The lowest BCUT2D eigenvalue weighted by Crippen LogP contribution is -2.29. The third kappa shape index (κ3) is 3.88. The Labute approximate surface area is 90.7 Å². The Hall–Kier alpha value is -1.09. The fourth-order valence-corrected chi connectivity index (χ4v) is 1.50. The summed E-state index contributed by atoms with van der Waals surface area (Å²) in [5.41, 5.74) is 6.17. The van der Waals surface area contributed by atoms with Crippen molar-refractivity contribution in [3.05, 3.63) is 30.1 Å². The average Bonchev–Trinajstić information content (AvgIpc) is 2.26. The molecule has 0 radical (unpaired) electrons. The van der Waals surface area contributed by atoms with Crippen LogP contribution in [-0.2, 0) is 0 Å². The molecular formula is C12H19FN2. The van der Waals surface area contributed by atoms with Gasteiger partial charge in [0.25, 0.3) is 0 Å². The zero-order valence-corrected chi connectivity index (χ0v) is 9.17. The summed E-state index contributed by atoms with van der Waals surface area (Å²) in [5.74, 6) is -0.215. The van der Waals surface area contributed by atoms with Crippen molar-refractivity contribution >= 4 is 5.69 Å². The van der Waals surface area contributed by atoms with Crippen molar-refractivity contribution in [2.45, 2.75) is 32.2 Å². The molecule has 0 aliphatic rings. The Morgan fingerprint density at radius 2 is 2.13 bits per heavy atom.